The van der Waals surface area contributed by atoms with Crippen molar-refractivity contribution in [2.75, 3.05) is 25.1 Å². The van der Waals surface area contributed by atoms with Gasteiger partial charge in [-0.3, -0.25) is 10.1 Å². The van der Waals surface area contributed by atoms with Gasteiger partial charge in [0.15, 0.2) is 0 Å². The molecule has 2 aromatic carbocycles. The van der Waals surface area contributed by atoms with Gasteiger partial charge in [-0.15, -0.1) is 0 Å². The molecule has 0 N–H and O–H groups in total. The lowest BCUT2D eigenvalue weighted by molar-refractivity contribution is -0.384. The maximum Gasteiger partial charge on any atom is 0.270 e. The molecule has 7 heteroatoms. The summed E-state index contributed by atoms with van der Waals surface area (Å²) < 4.78 is 5.60. The minimum atomic E-state index is -0.521. The number of hydrogen-bond acceptors (Lipinski definition) is 5. The standard InChI is InChI=1S/C16H14ClN3O3/c1-19(7-8-23-15-4-2-3-13(17)10-15)16-6-5-14(20(21)22)9-12(16)11-18/h2-6,9-10H,7-8H2,1H3. The first kappa shape index (κ1) is 16.6. The van der Waals surface area contributed by atoms with E-state index in [-0.39, 0.29) is 11.3 Å². The number of rotatable bonds is 6. The third-order valence-electron chi connectivity index (χ3n) is 3.21. The zero-order valence-electron chi connectivity index (χ0n) is 12.4. The topological polar surface area (TPSA) is 79.4 Å². The van der Waals surface area contributed by atoms with Crippen molar-refractivity contribution < 1.29 is 9.66 Å². The van der Waals surface area contributed by atoms with Crippen LogP contribution in [0.15, 0.2) is 42.5 Å². The number of nitro groups is 1. The van der Waals surface area contributed by atoms with Crippen LogP contribution in [0.2, 0.25) is 5.02 Å². The SMILES string of the molecule is CN(CCOc1cccc(Cl)c1)c1ccc([N+](=O)[O-])cc1C#N. The van der Waals surface area contributed by atoms with Crippen LogP contribution in [0.25, 0.3) is 0 Å². The molecule has 2 aromatic rings. The summed E-state index contributed by atoms with van der Waals surface area (Å²) in [6.07, 6.45) is 0. The Labute approximate surface area is 138 Å². The Kier molecular flexibility index (Phi) is 5.39. The van der Waals surface area contributed by atoms with E-state index in [1.54, 1.807) is 37.4 Å². The van der Waals surface area contributed by atoms with Crippen molar-refractivity contribution in [3.8, 4) is 11.8 Å². The number of benzene rings is 2. The Morgan fingerprint density at radius 2 is 2.13 bits per heavy atom. The summed E-state index contributed by atoms with van der Waals surface area (Å²) in [5.74, 6) is 0.662. The zero-order valence-corrected chi connectivity index (χ0v) is 13.2. The van der Waals surface area contributed by atoms with Crippen molar-refractivity contribution in [1.29, 1.82) is 5.26 Å². The number of non-ortho nitro benzene ring substituents is 1. The number of likely N-dealkylation sites (N-methyl/N-ethyl adjacent to an activating group) is 1. The monoisotopic (exact) mass is 331 g/mol. The van der Waals surface area contributed by atoms with E-state index in [2.05, 4.69) is 0 Å². The van der Waals surface area contributed by atoms with Gasteiger partial charge in [0.1, 0.15) is 18.4 Å². The fourth-order valence-corrected chi connectivity index (χ4v) is 2.22. The summed E-state index contributed by atoms with van der Waals surface area (Å²) in [6, 6.07) is 13.3. The lowest BCUT2D eigenvalue weighted by Gasteiger charge is -2.20. The molecule has 23 heavy (non-hydrogen) atoms. The average Bonchev–Trinajstić information content (AvgIpc) is 2.54. The number of hydrogen-bond donors (Lipinski definition) is 0. The molecule has 118 valence electrons. The van der Waals surface area contributed by atoms with Crippen molar-refractivity contribution in [2.45, 2.75) is 0 Å². The summed E-state index contributed by atoms with van der Waals surface area (Å²) in [5, 5.41) is 20.5. The molecule has 0 radical (unpaired) electrons. The Morgan fingerprint density at radius 1 is 1.35 bits per heavy atom. The normalized spacial score (nSPS) is 9.96. The van der Waals surface area contributed by atoms with Crippen molar-refractivity contribution >= 4 is 23.0 Å². The van der Waals surface area contributed by atoms with Gasteiger partial charge in [-0.2, -0.15) is 5.26 Å². The minimum Gasteiger partial charge on any atom is -0.492 e. The molecule has 6 nitrogen and oxygen atoms in total. The van der Waals surface area contributed by atoms with Crippen LogP contribution < -0.4 is 9.64 Å². The number of anilines is 1. The predicted octanol–water partition coefficient (Wildman–Crippen LogP) is 3.64. The Hall–Kier alpha value is -2.78. The highest BCUT2D eigenvalue weighted by Gasteiger charge is 2.13. The van der Waals surface area contributed by atoms with E-state index < -0.39 is 4.92 Å². The second-order valence-corrected chi connectivity index (χ2v) is 5.23. The molecule has 2 rings (SSSR count). The van der Waals surface area contributed by atoms with Crippen LogP contribution in [0.3, 0.4) is 0 Å². The molecular formula is C16H14ClN3O3. The van der Waals surface area contributed by atoms with Crippen LogP contribution in [0.1, 0.15) is 5.56 Å². The number of nitriles is 1. The summed E-state index contributed by atoms with van der Waals surface area (Å²) in [7, 11) is 1.79. The molecular weight excluding hydrogens is 318 g/mol. The number of nitro benzene ring substituents is 1. The summed E-state index contributed by atoms with van der Waals surface area (Å²) in [4.78, 5) is 12.0. The fourth-order valence-electron chi connectivity index (χ4n) is 2.04. The maximum atomic E-state index is 10.8. The molecule has 0 amide bonds. The highest BCUT2D eigenvalue weighted by molar-refractivity contribution is 6.30. The zero-order chi connectivity index (χ0) is 16.8. The second-order valence-electron chi connectivity index (χ2n) is 4.80. The average molecular weight is 332 g/mol. The highest BCUT2D eigenvalue weighted by atomic mass is 35.5. The number of ether oxygens (including phenoxy) is 1. The lowest BCUT2D eigenvalue weighted by Crippen LogP contribution is -2.24. The van der Waals surface area contributed by atoms with E-state index in [4.69, 9.17) is 21.6 Å². The molecule has 0 spiro atoms. The Balaban J connectivity index is 2.02. The lowest BCUT2D eigenvalue weighted by atomic mass is 10.1. The largest absolute Gasteiger partial charge is 0.492 e. The van der Waals surface area contributed by atoms with Crippen LogP contribution in [0.5, 0.6) is 5.75 Å². The van der Waals surface area contributed by atoms with E-state index in [1.807, 2.05) is 11.0 Å². The van der Waals surface area contributed by atoms with E-state index in [1.165, 1.54) is 12.1 Å². The maximum absolute atomic E-state index is 10.8. The summed E-state index contributed by atoms with van der Waals surface area (Å²) >= 11 is 5.88. The highest BCUT2D eigenvalue weighted by Crippen LogP contribution is 2.24. The first-order chi connectivity index (χ1) is 11.0. The summed E-state index contributed by atoms with van der Waals surface area (Å²) in [5.41, 5.74) is 0.770. The molecule has 0 saturated heterocycles. The summed E-state index contributed by atoms with van der Waals surface area (Å²) in [6.45, 7) is 0.900. The van der Waals surface area contributed by atoms with E-state index in [0.29, 0.717) is 29.6 Å². The van der Waals surface area contributed by atoms with Crippen molar-refractivity contribution in [3.63, 3.8) is 0 Å². The van der Waals surface area contributed by atoms with Crippen LogP contribution in [0.4, 0.5) is 11.4 Å². The predicted molar refractivity (Wildman–Crippen MR) is 88.0 cm³/mol. The second kappa shape index (κ2) is 7.47. The Morgan fingerprint density at radius 3 is 2.78 bits per heavy atom. The van der Waals surface area contributed by atoms with Gasteiger partial charge in [-0.1, -0.05) is 17.7 Å². The molecule has 0 fully saturated rings. The quantitative estimate of drug-likeness (QED) is 0.596. The molecule has 0 heterocycles. The molecule has 0 aliphatic rings. The van der Waals surface area contributed by atoms with Crippen LogP contribution in [0, 0.1) is 21.4 Å². The van der Waals surface area contributed by atoms with Gasteiger partial charge in [0, 0.05) is 24.2 Å². The first-order valence-electron chi connectivity index (χ1n) is 6.79. The molecule has 0 bridgehead atoms. The molecule has 0 aromatic heterocycles. The van der Waals surface area contributed by atoms with Crippen molar-refractivity contribution in [2.24, 2.45) is 0 Å². The number of nitrogens with zero attached hydrogens (tertiary/aromatic N) is 3. The third kappa shape index (κ3) is 4.34. The fraction of sp³-hybridized carbons (Fsp3) is 0.188. The van der Waals surface area contributed by atoms with Gasteiger partial charge >= 0.3 is 0 Å². The van der Waals surface area contributed by atoms with Crippen LogP contribution >= 0.6 is 11.6 Å². The van der Waals surface area contributed by atoms with Gasteiger partial charge in [0.2, 0.25) is 0 Å². The molecule has 0 unspecified atom stereocenters. The van der Waals surface area contributed by atoms with E-state index >= 15 is 0 Å². The number of halogens is 1. The van der Waals surface area contributed by atoms with Gasteiger partial charge < -0.3 is 9.64 Å². The van der Waals surface area contributed by atoms with Gasteiger partial charge in [0.25, 0.3) is 5.69 Å². The minimum absolute atomic E-state index is 0.103. The first-order valence-corrected chi connectivity index (χ1v) is 7.17. The molecule has 0 atom stereocenters. The molecule has 0 aliphatic carbocycles. The van der Waals surface area contributed by atoms with E-state index in [9.17, 15) is 10.1 Å². The molecule has 0 aliphatic heterocycles. The van der Waals surface area contributed by atoms with Crippen molar-refractivity contribution in [1.82, 2.24) is 0 Å². The van der Waals surface area contributed by atoms with Crippen LogP contribution in [-0.2, 0) is 0 Å². The Bertz CT molecular complexity index is 758. The van der Waals surface area contributed by atoms with Crippen molar-refractivity contribution in [3.05, 3.63) is 63.2 Å². The van der Waals surface area contributed by atoms with Crippen LogP contribution in [-0.4, -0.2) is 25.1 Å². The molecule has 0 saturated carbocycles. The van der Waals surface area contributed by atoms with E-state index in [0.717, 1.165) is 0 Å². The third-order valence-corrected chi connectivity index (χ3v) is 3.45. The van der Waals surface area contributed by atoms with Gasteiger partial charge in [-0.25, -0.2) is 0 Å². The smallest absolute Gasteiger partial charge is 0.270 e. The van der Waals surface area contributed by atoms with Gasteiger partial charge in [0.05, 0.1) is 22.7 Å². The van der Waals surface area contributed by atoms with Gasteiger partial charge in [-0.05, 0) is 24.3 Å².